The van der Waals surface area contributed by atoms with Crippen LogP contribution in [0.1, 0.15) is 31.7 Å². The van der Waals surface area contributed by atoms with Gasteiger partial charge in [0, 0.05) is 44.4 Å². The molecule has 1 aliphatic rings. The molecule has 8 heteroatoms. The third kappa shape index (κ3) is 6.35. The zero-order chi connectivity index (χ0) is 17.6. The highest BCUT2D eigenvalue weighted by Crippen LogP contribution is 2.18. The van der Waals surface area contributed by atoms with E-state index in [9.17, 15) is 18.0 Å². The first-order valence-corrected chi connectivity index (χ1v) is 8.02. The van der Waals surface area contributed by atoms with Gasteiger partial charge in [-0.3, -0.25) is 9.69 Å². The maximum Gasteiger partial charge on any atom is 0.422 e. The average molecular weight is 345 g/mol. The largest absolute Gasteiger partial charge is 0.468 e. The highest BCUT2D eigenvalue weighted by Gasteiger charge is 2.28. The van der Waals surface area contributed by atoms with Crippen molar-refractivity contribution in [3.8, 4) is 5.88 Å². The first kappa shape index (κ1) is 18.5. The lowest BCUT2D eigenvalue weighted by Crippen LogP contribution is -2.44. The van der Waals surface area contributed by atoms with E-state index in [-0.39, 0.29) is 17.8 Å². The molecule has 0 saturated carbocycles. The second-order valence-electron chi connectivity index (χ2n) is 5.88. The van der Waals surface area contributed by atoms with Crippen molar-refractivity contribution < 1.29 is 22.7 Å². The van der Waals surface area contributed by atoms with Crippen molar-refractivity contribution in [2.24, 2.45) is 0 Å². The summed E-state index contributed by atoms with van der Waals surface area (Å²) in [6.45, 7) is 2.90. The fraction of sp³-hybridized carbons (Fsp3) is 0.625. The number of carbonyl (C=O) groups is 1. The first-order valence-electron chi connectivity index (χ1n) is 8.02. The molecule has 1 saturated heterocycles. The molecule has 0 spiro atoms. The molecule has 1 aromatic rings. The number of hydrogen-bond donors (Lipinski definition) is 1. The van der Waals surface area contributed by atoms with E-state index in [1.807, 2.05) is 6.92 Å². The number of halogens is 3. The Bertz CT molecular complexity index is 526. The van der Waals surface area contributed by atoms with Crippen LogP contribution < -0.4 is 10.1 Å². The number of piperidine rings is 1. The number of ether oxygens (including phenoxy) is 1. The molecule has 2 rings (SSSR count). The van der Waals surface area contributed by atoms with Gasteiger partial charge in [0.25, 0.3) is 0 Å². The number of pyridine rings is 1. The molecular weight excluding hydrogens is 323 g/mol. The Labute approximate surface area is 139 Å². The van der Waals surface area contributed by atoms with Crippen LogP contribution >= 0.6 is 0 Å². The van der Waals surface area contributed by atoms with E-state index in [1.54, 1.807) is 6.07 Å². The second-order valence-corrected chi connectivity index (χ2v) is 5.88. The van der Waals surface area contributed by atoms with Crippen LogP contribution in [0.2, 0.25) is 0 Å². The van der Waals surface area contributed by atoms with E-state index in [0.29, 0.717) is 13.0 Å². The summed E-state index contributed by atoms with van der Waals surface area (Å²) in [5.41, 5.74) is 0.922. The monoisotopic (exact) mass is 345 g/mol. The third-order valence-corrected chi connectivity index (χ3v) is 3.86. The fourth-order valence-electron chi connectivity index (χ4n) is 2.57. The Morgan fingerprint density at radius 1 is 1.38 bits per heavy atom. The molecule has 0 radical (unpaired) electrons. The number of hydrogen-bond acceptors (Lipinski definition) is 4. The van der Waals surface area contributed by atoms with Crippen LogP contribution in [-0.4, -0.2) is 47.7 Å². The molecule has 1 amide bonds. The number of nitrogens with one attached hydrogen (secondary N) is 1. The van der Waals surface area contributed by atoms with Crippen LogP contribution in [-0.2, 0) is 11.3 Å². The smallest absolute Gasteiger partial charge is 0.422 e. The van der Waals surface area contributed by atoms with Gasteiger partial charge in [-0.1, -0.05) is 13.0 Å². The van der Waals surface area contributed by atoms with Crippen LogP contribution in [0.25, 0.3) is 0 Å². The number of carbonyl (C=O) groups excluding carboxylic acids is 1. The minimum Gasteiger partial charge on any atom is -0.468 e. The summed E-state index contributed by atoms with van der Waals surface area (Å²) in [4.78, 5) is 17.5. The van der Waals surface area contributed by atoms with Gasteiger partial charge < -0.3 is 10.1 Å². The van der Waals surface area contributed by atoms with E-state index in [1.165, 1.54) is 12.3 Å². The van der Waals surface area contributed by atoms with Crippen molar-refractivity contribution in [3.05, 3.63) is 23.9 Å². The van der Waals surface area contributed by atoms with Crippen LogP contribution in [0.15, 0.2) is 18.3 Å². The lowest BCUT2D eigenvalue weighted by atomic mass is 10.0. The molecule has 24 heavy (non-hydrogen) atoms. The van der Waals surface area contributed by atoms with Crippen molar-refractivity contribution in [2.45, 2.75) is 44.9 Å². The SMILES string of the molecule is CCC(=O)NC1CCN(Cc2ccc(OCC(F)(F)F)nc2)CC1. The number of nitrogens with zero attached hydrogens (tertiary/aromatic N) is 2. The number of aromatic nitrogens is 1. The molecule has 134 valence electrons. The lowest BCUT2D eigenvalue weighted by Gasteiger charge is -2.32. The number of alkyl halides is 3. The minimum absolute atomic E-state index is 0.0305. The summed E-state index contributed by atoms with van der Waals surface area (Å²) < 4.78 is 40.8. The first-order chi connectivity index (χ1) is 11.4. The summed E-state index contributed by atoms with van der Waals surface area (Å²) in [6, 6.07) is 3.41. The zero-order valence-electron chi connectivity index (χ0n) is 13.6. The Morgan fingerprint density at radius 3 is 2.62 bits per heavy atom. The van der Waals surface area contributed by atoms with Crippen LogP contribution in [0.4, 0.5) is 13.2 Å². The van der Waals surface area contributed by atoms with E-state index in [2.05, 4.69) is 19.9 Å². The quantitative estimate of drug-likeness (QED) is 0.861. The maximum atomic E-state index is 12.1. The Morgan fingerprint density at radius 2 is 2.08 bits per heavy atom. The minimum atomic E-state index is -4.36. The van der Waals surface area contributed by atoms with Crippen LogP contribution in [0.3, 0.4) is 0 Å². The average Bonchev–Trinajstić information content (AvgIpc) is 2.55. The topological polar surface area (TPSA) is 54.5 Å². The van der Waals surface area contributed by atoms with Gasteiger partial charge in [-0.2, -0.15) is 13.2 Å². The highest BCUT2D eigenvalue weighted by molar-refractivity contribution is 5.75. The number of amides is 1. The van der Waals surface area contributed by atoms with Crippen molar-refractivity contribution in [1.29, 1.82) is 0 Å². The molecule has 1 fully saturated rings. The van der Waals surface area contributed by atoms with Crippen molar-refractivity contribution in [2.75, 3.05) is 19.7 Å². The van der Waals surface area contributed by atoms with E-state index in [0.717, 1.165) is 31.5 Å². The van der Waals surface area contributed by atoms with Gasteiger partial charge in [-0.15, -0.1) is 0 Å². The third-order valence-electron chi connectivity index (χ3n) is 3.86. The summed E-state index contributed by atoms with van der Waals surface area (Å²) in [5.74, 6) is 0.0455. The fourth-order valence-corrected chi connectivity index (χ4v) is 2.57. The van der Waals surface area contributed by atoms with Gasteiger partial charge in [-0.25, -0.2) is 4.98 Å². The second kappa shape index (κ2) is 8.32. The summed E-state index contributed by atoms with van der Waals surface area (Å²) in [6.07, 6.45) is -0.541. The molecule has 0 bridgehead atoms. The molecule has 0 aromatic carbocycles. The summed E-state index contributed by atoms with van der Waals surface area (Å²) >= 11 is 0. The van der Waals surface area contributed by atoms with Crippen molar-refractivity contribution in [1.82, 2.24) is 15.2 Å². The molecule has 1 N–H and O–H groups in total. The van der Waals surface area contributed by atoms with Gasteiger partial charge in [-0.05, 0) is 18.4 Å². The van der Waals surface area contributed by atoms with Gasteiger partial charge >= 0.3 is 6.18 Å². The molecular formula is C16H22F3N3O2. The normalized spacial score (nSPS) is 16.8. The molecule has 1 aromatic heterocycles. The number of rotatable bonds is 6. The number of likely N-dealkylation sites (tertiary alicyclic amines) is 1. The summed E-state index contributed by atoms with van der Waals surface area (Å²) in [7, 11) is 0. The Balaban J connectivity index is 1.75. The molecule has 2 heterocycles. The molecule has 1 aliphatic heterocycles. The van der Waals surface area contributed by atoms with E-state index < -0.39 is 12.8 Å². The zero-order valence-corrected chi connectivity index (χ0v) is 13.6. The summed E-state index contributed by atoms with van der Waals surface area (Å²) in [5, 5.41) is 3.00. The Hall–Kier alpha value is -1.83. The van der Waals surface area contributed by atoms with Crippen molar-refractivity contribution in [3.63, 3.8) is 0 Å². The van der Waals surface area contributed by atoms with Gasteiger partial charge in [0.1, 0.15) is 0 Å². The lowest BCUT2D eigenvalue weighted by molar-refractivity contribution is -0.154. The molecule has 0 aliphatic carbocycles. The van der Waals surface area contributed by atoms with E-state index >= 15 is 0 Å². The van der Waals surface area contributed by atoms with E-state index in [4.69, 9.17) is 0 Å². The Kier molecular flexibility index (Phi) is 6.42. The maximum absolute atomic E-state index is 12.1. The van der Waals surface area contributed by atoms with Crippen molar-refractivity contribution >= 4 is 5.91 Å². The standard InChI is InChI=1S/C16H22F3N3O2/c1-2-14(23)21-13-5-7-22(8-6-13)10-12-3-4-15(20-9-12)24-11-16(17,18)19/h3-4,9,13H,2,5-8,10-11H2,1H3,(H,21,23). The predicted molar refractivity (Wildman–Crippen MR) is 82.5 cm³/mol. The van der Waals surface area contributed by atoms with Gasteiger partial charge in [0.2, 0.25) is 11.8 Å². The highest BCUT2D eigenvalue weighted by atomic mass is 19.4. The molecule has 0 unspecified atom stereocenters. The predicted octanol–water partition coefficient (Wildman–Crippen LogP) is 2.51. The molecule has 0 atom stereocenters. The molecule has 5 nitrogen and oxygen atoms in total. The van der Waals surface area contributed by atoms with Crippen LogP contribution in [0, 0.1) is 0 Å². The van der Waals surface area contributed by atoms with Gasteiger partial charge in [0.05, 0.1) is 0 Å². The van der Waals surface area contributed by atoms with Gasteiger partial charge in [0.15, 0.2) is 6.61 Å². The van der Waals surface area contributed by atoms with Crippen LogP contribution in [0.5, 0.6) is 5.88 Å².